The van der Waals surface area contributed by atoms with Gasteiger partial charge in [0.25, 0.3) is 5.91 Å². The van der Waals surface area contributed by atoms with E-state index in [0.717, 1.165) is 18.6 Å². The molecule has 2 aromatic rings. The number of carbonyl (C=O) groups excluding carboxylic acids is 1. The van der Waals surface area contributed by atoms with Crippen LogP contribution in [0.1, 0.15) is 43.1 Å². The van der Waals surface area contributed by atoms with Gasteiger partial charge in [0.05, 0.1) is 17.7 Å². The maximum atomic E-state index is 12.2. The second-order valence-electron chi connectivity index (χ2n) is 6.25. The molecule has 5 heteroatoms. The van der Waals surface area contributed by atoms with Crippen LogP contribution in [0.5, 0.6) is 11.5 Å². The zero-order valence-corrected chi connectivity index (χ0v) is 16.3. The molecule has 0 aliphatic rings. The van der Waals surface area contributed by atoms with Gasteiger partial charge >= 0.3 is 0 Å². The van der Waals surface area contributed by atoms with Gasteiger partial charge in [-0.3, -0.25) is 4.79 Å². The van der Waals surface area contributed by atoms with E-state index in [9.17, 15) is 4.79 Å². The number of ether oxygens (including phenoxy) is 2. The molecule has 0 heterocycles. The van der Waals surface area contributed by atoms with Crippen molar-refractivity contribution in [1.82, 2.24) is 5.32 Å². The van der Waals surface area contributed by atoms with Gasteiger partial charge in [-0.2, -0.15) is 0 Å². The lowest BCUT2D eigenvalue weighted by Crippen LogP contribution is -2.24. The number of nitrogens with one attached hydrogen (secondary N) is 1. The summed E-state index contributed by atoms with van der Waals surface area (Å²) in [6, 6.07) is 13.2. The summed E-state index contributed by atoms with van der Waals surface area (Å²) >= 11 is 6.13. The molecule has 26 heavy (non-hydrogen) atoms. The Kier molecular flexibility index (Phi) is 7.79. The Morgan fingerprint density at radius 3 is 2.69 bits per heavy atom. The number of hydrogen-bond donors (Lipinski definition) is 1. The van der Waals surface area contributed by atoms with E-state index in [2.05, 4.69) is 11.4 Å². The van der Waals surface area contributed by atoms with Gasteiger partial charge in [0.15, 0.2) is 0 Å². The second kappa shape index (κ2) is 10.1. The van der Waals surface area contributed by atoms with E-state index in [1.807, 2.05) is 39.0 Å². The molecule has 0 aliphatic carbocycles. The molecule has 0 atom stereocenters. The molecule has 1 N–H and O–H groups in total. The minimum absolute atomic E-state index is 0.133. The zero-order chi connectivity index (χ0) is 18.9. The third kappa shape index (κ3) is 6.26. The lowest BCUT2D eigenvalue weighted by Gasteiger charge is -2.11. The van der Waals surface area contributed by atoms with Crippen LogP contribution in [0.25, 0.3) is 0 Å². The summed E-state index contributed by atoms with van der Waals surface area (Å²) in [5.74, 6) is 1.34. The third-order valence-electron chi connectivity index (χ3n) is 3.69. The smallest absolute Gasteiger partial charge is 0.251 e. The van der Waals surface area contributed by atoms with Crippen molar-refractivity contribution in [3.05, 3.63) is 58.6 Å². The molecule has 0 spiro atoms. The molecule has 0 saturated heterocycles. The molecule has 0 aromatic heterocycles. The Labute approximate surface area is 160 Å². The Bertz CT molecular complexity index is 731. The summed E-state index contributed by atoms with van der Waals surface area (Å²) in [4.78, 5) is 12.2. The highest BCUT2D eigenvalue weighted by molar-refractivity contribution is 6.32. The van der Waals surface area contributed by atoms with Crippen molar-refractivity contribution in [3.63, 3.8) is 0 Å². The summed E-state index contributed by atoms with van der Waals surface area (Å²) < 4.78 is 11.1. The molecule has 140 valence electrons. The molecule has 0 saturated carbocycles. The first-order chi connectivity index (χ1) is 12.5. The Balaban J connectivity index is 1.81. The van der Waals surface area contributed by atoms with E-state index in [4.69, 9.17) is 21.1 Å². The van der Waals surface area contributed by atoms with Crippen molar-refractivity contribution in [1.29, 1.82) is 0 Å². The minimum Gasteiger partial charge on any atom is -0.492 e. The van der Waals surface area contributed by atoms with Gasteiger partial charge in [0.2, 0.25) is 0 Å². The quantitative estimate of drug-likeness (QED) is 0.635. The maximum Gasteiger partial charge on any atom is 0.251 e. The van der Waals surface area contributed by atoms with Gasteiger partial charge in [-0.15, -0.1) is 0 Å². The molecule has 2 aromatic carbocycles. The van der Waals surface area contributed by atoms with Gasteiger partial charge < -0.3 is 14.8 Å². The fraction of sp³-hybridized carbons (Fsp3) is 0.381. The van der Waals surface area contributed by atoms with Crippen LogP contribution in [0, 0.1) is 0 Å². The Morgan fingerprint density at radius 2 is 2.00 bits per heavy atom. The van der Waals surface area contributed by atoms with Crippen LogP contribution in [0.15, 0.2) is 42.5 Å². The summed E-state index contributed by atoms with van der Waals surface area (Å²) in [5.41, 5.74) is 1.73. The van der Waals surface area contributed by atoms with Crippen LogP contribution >= 0.6 is 11.6 Å². The molecule has 1 amide bonds. The standard InChI is InChI=1S/C21H26ClNO3/c1-4-25-20-11-10-17(14-19(20)22)21(24)23-12-6-8-16-7-5-9-18(13-16)26-15(2)3/h5,7,9-11,13-15H,4,6,8,12H2,1-3H3,(H,23,24). The molecule has 4 nitrogen and oxygen atoms in total. The van der Waals surface area contributed by atoms with Gasteiger partial charge in [-0.05, 0) is 69.5 Å². The van der Waals surface area contributed by atoms with E-state index in [0.29, 0.717) is 29.5 Å². The maximum absolute atomic E-state index is 12.2. The van der Waals surface area contributed by atoms with Crippen LogP contribution in [-0.2, 0) is 6.42 Å². The van der Waals surface area contributed by atoms with E-state index >= 15 is 0 Å². The Morgan fingerprint density at radius 1 is 1.19 bits per heavy atom. The van der Waals surface area contributed by atoms with Crippen molar-refractivity contribution < 1.29 is 14.3 Å². The van der Waals surface area contributed by atoms with E-state index in [-0.39, 0.29) is 12.0 Å². The van der Waals surface area contributed by atoms with Crippen molar-refractivity contribution >= 4 is 17.5 Å². The van der Waals surface area contributed by atoms with Crippen LogP contribution in [0.2, 0.25) is 5.02 Å². The van der Waals surface area contributed by atoms with E-state index < -0.39 is 0 Å². The average molecular weight is 376 g/mol. The number of rotatable bonds is 9. The summed E-state index contributed by atoms with van der Waals surface area (Å²) in [7, 11) is 0. The lowest BCUT2D eigenvalue weighted by atomic mass is 10.1. The van der Waals surface area contributed by atoms with Crippen LogP contribution in [-0.4, -0.2) is 25.2 Å². The molecular weight excluding hydrogens is 350 g/mol. The fourth-order valence-electron chi connectivity index (χ4n) is 2.56. The van der Waals surface area contributed by atoms with E-state index in [1.54, 1.807) is 18.2 Å². The molecule has 0 unspecified atom stereocenters. The third-order valence-corrected chi connectivity index (χ3v) is 3.99. The number of aryl methyl sites for hydroxylation is 1. The highest BCUT2D eigenvalue weighted by atomic mass is 35.5. The zero-order valence-electron chi connectivity index (χ0n) is 15.5. The first kappa shape index (κ1) is 20.1. The highest BCUT2D eigenvalue weighted by Crippen LogP contribution is 2.25. The largest absolute Gasteiger partial charge is 0.492 e. The van der Waals surface area contributed by atoms with Crippen molar-refractivity contribution in [3.8, 4) is 11.5 Å². The Hall–Kier alpha value is -2.20. The van der Waals surface area contributed by atoms with Crippen molar-refractivity contribution in [2.24, 2.45) is 0 Å². The molecular formula is C21H26ClNO3. The SMILES string of the molecule is CCOc1ccc(C(=O)NCCCc2cccc(OC(C)C)c2)cc1Cl. The molecule has 0 fully saturated rings. The number of carbonyl (C=O) groups is 1. The predicted octanol–water partition coefficient (Wildman–Crippen LogP) is 4.89. The summed E-state index contributed by atoms with van der Waals surface area (Å²) in [5, 5.41) is 3.37. The summed E-state index contributed by atoms with van der Waals surface area (Å²) in [6.07, 6.45) is 1.88. The first-order valence-electron chi connectivity index (χ1n) is 8.95. The number of benzene rings is 2. The molecule has 0 aliphatic heterocycles. The average Bonchev–Trinajstić information content (AvgIpc) is 2.60. The second-order valence-corrected chi connectivity index (χ2v) is 6.66. The van der Waals surface area contributed by atoms with Gasteiger partial charge in [0.1, 0.15) is 11.5 Å². The monoisotopic (exact) mass is 375 g/mol. The molecule has 0 radical (unpaired) electrons. The normalized spacial score (nSPS) is 10.7. The fourth-order valence-corrected chi connectivity index (χ4v) is 2.79. The molecule has 2 rings (SSSR count). The molecule has 0 bridgehead atoms. The highest BCUT2D eigenvalue weighted by Gasteiger charge is 2.09. The number of halogens is 1. The van der Waals surface area contributed by atoms with Crippen LogP contribution in [0.4, 0.5) is 0 Å². The van der Waals surface area contributed by atoms with Crippen LogP contribution in [0.3, 0.4) is 0 Å². The van der Waals surface area contributed by atoms with E-state index in [1.165, 1.54) is 5.56 Å². The van der Waals surface area contributed by atoms with Crippen molar-refractivity contribution in [2.75, 3.05) is 13.2 Å². The first-order valence-corrected chi connectivity index (χ1v) is 9.33. The predicted molar refractivity (Wildman–Crippen MR) is 105 cm³/mol. The van der Waals surface area contributed by atoms with Gasteiger partial charge in [-0.1, -0.05) is 23.7 Å². The van der Waals surface area contributed by atoms with Gasteiger partial charge in [0, 0.05) is 12.1 Å². The number of hydrogen-bond acceptors (Lipinski definition) is 3. The van der Waals surface area contributed by atoms with Crippen LogP contribution < -0.4 is 14.8 Å². The topological polar surface area (TPSA) is 47.6 Å². The number of amides is 1. The van der Waals surface area contributed by atoms with Crippen molar-refractivity contribution in [2.45, 2.75) is 39.7 Å². The lowest BCUT2D eigenvalue weighted by molar-refractivity contribution is 0.0953. The van der Waals surface area contributed by atoms with Gasteiger partial charge in [-0.25, -0.2) is 0 Å². The minimum atomic E-state index is -0.133. The summed E-state index contributed by atoms with van der Waals surface area (Å²) in [6.45, 7) is 7.04.